The lowest BCUT2D eigenvalue weighted by Crippen LogP contribution is -2.46. The van der Waals surface area contributed by atoms with Gasteiger partial charge in [-0.1, -0.05) is 11.6 Å². The molecule has 4 aromatic rings. The van der Waals surface area contributed by atoms with Crippen LogP contribution in [0.3, 0.4) is 0 Å². The van der Waals surface area contributed by atoms with Crippen molar-refractivity contribution in [2.45, 2.75) is 51.3 Å². The van der Waals surface area contributed by atoms with Gasteiger partial charge in [-0.05, 0) is 69.0 Å². The number of rotatable bonds is 6. The van der Waals surface area contributed by atoms with E-state index in [1.165, 1.54) is 18.7 Å². The molecule has 0 radical (unpaired) electrons. The Bertz CT molecular complexity index is 1500. The first-order chi connectivity index (χ1) is 18.0. The van der Waals surface area contributed by atoms with Gasteiger partial charge in [-0.25, -0.2) is 9.97 Å². The second-order valence-corrected chi connectivity index (χ2v) is 11.3. The van der Waals surface area contributed by atoms with E-state index in [-0.39, 0.29) is 5.60 Å². The Morgan fingerprint density at radius 2 is 1.97 bits per heavy atom. The SMILES string of the molecule is Cc1ccnc(Cn2c(-c3ccc(N4CCN5CCC4C5)cc3Cl)nc3c(OC4(C)CC4)ncnc32)c1. The van der Waals surface area contributed by atoms with Crippen molar-refractivity contribution >= 4 is 28.5 Å². The second kappa shape index (κ2) is 8.67. The summed E-state index contributed by atoms with van der Waals surface area (Å²) >= 11 is 7.00. The largest absolute Gasteiger partial charge is 0.470 e. The summed E-state index contributed by atoms with van der Waals surface area (Å²) in [4.78, 5) is 23.8. The summed E-state index contributed by atoms with van der Waals surface area (Å²) < 4.78 is 8.35. The molecule has 8 nitrogen and oxygen atoms in total. The Kier molecular flexibility index (Phi) is 5.37. The minimum Gasteiger partial charge on any atom is -0.470 e. The lowest BCUT2D eigenvalue weighted by molar-refractivity contribution is 0.194. The van der Waals surface area contributed by atoms with Crippen LogP contribution in [-0.2, 0) is 6.54 Å². The molecule has 0 N–H and O–H groups in total. The van der Waals surface area contributed by atoms with Gasteiger partial charge < -0.3 is 14.2 Å². The summed E-state index contributed by atoms with van der Waals surface area (Å²) in [7, 11) is 0. The van der Waals surface area contributed by atoms with Gasteiger partial charge in [0.15, 0.2) is 11.2 Å². The number of pyridine rings is 1. The van der Waals surface area contributed by atoms with E-state index < -0.39 is 0 Å². The fraction of sp³-hybridized carbons (Fsp3) is 0.429. The third-order valence-electron chi connectivity index (χ3n) is 7.96. The van der Waals surface area contributed by atoms with E-state index in [2.05, 4.69) is 67.4 Å². The highest BCUT2D eigenvalue weighted by Crippen LogP contribution is 2.41. The van der Waals surface area contributed by atoms with Crippen molar-refractivity contribution in [3.8, 4) is 17.3 Å². The Hall–Kier alpha value is -3.23. The summed E-state index contributed by atoms with van der Waals surface area (Å²) in [6, 6.07) is 11.0. The average Bonchev–Trinajstić information content (AvgIpc) is 3.33. The highest BCUT2D eigenvalue weighted by Gasteiger charge is 2.41. The maximum atomic E-state index is 7.00. The number of hydrogen-bond donors (Lipinski definition) is 0. The molecule has 5 heterocycles. The Morgan fingerprint density at radius 1 is 1.08 bits per heavy atom. The minimum absolute atomic E-state index is 0.174. The minimum atomic E-state index is -0.174. The van der Waals surface area contributed by atoms with Gasteiger partial charge in [0.1, 0.15) is 17.8 Å². The van der Waals surface area contributed by atoms with Crippen LogP contribution in [0.4, 0.5) is 5.69 Å². The molecule has 2 saturated heterocycles. The number of halogens is 1. The molecule has 7 rings (SSSR count). The standard InChI is InChI=1S/C28H30ClN7O/c1-18-5-9-30-19(13-18)15-36-25(33-24-26(36)31-17-32-27(24)37-28(2)7-8-28)22-4-3-20(14-23(22)29)35-12-11-34-10-6-21(35)16-34/h3-5,9,13-14,17,21H,6-8,10-12,15-16H2,1-2H3. The van der Waals surface area contributed by atoms with Crippen molar-refractivity contribution in [1.29, 1.82) is 0 Å². The normalized spacial score (nSPS) is 22.0. The predicted molar refractivity (Wildman–Crippen MR) is 144 cm³/mol. The number of anilines is 1. The molecule has 3 aromatic heterocycles. The molecule has 1 saturated carbocycles. The number of imidazole rings is 1. The number of fused-ring (bicyclic) bond motifs is 3. The van der Waals surface area contributed by atoms with Crippen molar-refractivity contribution in [1.82, 2.24) is 29.4 Å². The summed E-state index contributed by atoms with van der Waals surface area (Å²) in [6.45, 7) is 9.16. The smallest absolute Gasteiger partial charge is 0.245 e. The summed E-state index contributed by atoms with van der Waals surface area (Å²) in [6.07, 6.45) is 6.63. The first kappa shape index (κ1) is 22.9. The number of aryl methyl sites for hydroxylation is 1. The van der Waals surface area contributed by atoms with Crippen LogP contribution in [-0.4, -0.2) is 67.2 Å². The maximum absolute atomic E-state index is 7.00. The molecule has 1 aliphatic carbocycles. The van der Waals surface area contributed by atoms with Gasteiger partial charge in [-0.3, -0.25) is 9.88 Å². The lowest BCUT2D eigenvalue weighted by Gasteiger charge is -2.36. The topological polar surface area (TPSA) is 72.2 Å². The van der Waals surface area contributed by atoms with Crippen molar-refractivity contribution < 1.29 is 4.74 Å². The molecule has 1 aromatic carbocycles. The Labute approximate surface area is 221 Å². The zero-order chi connectivity index (χ0) is 25.1. The number of piperazine rings is 1. The van der Waals surface area contributed by atoms with Gasteiger partial charge in [0.05, 0.1) is 17.3 Å². The zero-order valence-electron chi connectivity index (χ0n) is 21.2. The first-order valence-corrected chi connectivity index (χ1v) is 13.4. The molecule has 2 aliphatic heterocycles. The second-order valence-electron chi connectivity index (χ2n) is 10.8. The number of nitrogens with zero attached hydrogens (tertiary/aromatic N) is 7. The Balaban J connectivity index is 1.32. The highest BCUT2D eigenvalue weighted by molar-refractivity contribution is 6.33. The van der Waals surface area contributed by atoms with Gasteiger partial charge in [-0.15, -0.1) is 0 Å². The third kappa shape index (κ3) is 4.22. The summed E-state index contributed by atoms with van der Waals surface area (Å²) in [5.41, 5.74) is 5.33. The van der Waals surface area contributed by atoms with Crippen LogP contribution in [0.15, 0.2) is 42.9 Å². The molecule has 2 bridgehead atoms. The number of benzene rings is 1. The first-order valence-electron chi connectivity index (χ1n) is 13.1. The molecular formula is C28H30ClN7O. The highest BCUT2D eigenvalue weighted by atomic mass is 35.5. The lowest BCUT2D eigenvalue weighted by atomic mass is 10.1. The van der Waals surface area contributed by atoms with Gasteiger partial charge in [0.2, 0.25) is 5.88 Å². The van der Waals surface area contributed by atoms with Crippen LogP contribution in [0.25, 0.3) is 22.6 Å². The monoisotopic (exact) mass is 515 g/mol. The molecule has 0 amide bonds. The molecule has 190 valence electrons. The van der Waals surface area contributed by atoms with Crippen LogP contribution in [0.1, 0.15) is 37.4 Å². The van der Waals surface area contributed by atoms with Gasteiger partial charge >= 0.3 is 0 Å². The molecule has 3 aliphatic rings. The molecule has 2 atom stereocenters. The van der Waals surface area contributed by atoms with E-state index in [1.807, 2.05) is 12.3 Å². The van der Waals surface area contributed by atoms with E-state index in [0.29, 0.717) is 29.0 Å². The zero-order valence-corrected chi connectivity index (χ0v) is 21.9. The predicted octanol–water partition coefficient (Wildman–Crippen LogP) is 4.72. The number of ether oxygens (including phenoxy) is 1. The van der Waals surface area contributed by atoms with E-state index in [1.54, 1.807) is 6.33 Å². The number of hydrogen-bond acceptors (Lipinski definition) is 7. The van der Waals surface area contributed by atoms with Crippen LogP contribution >= 0.6 is 11.6 Å². The van der Waals surface area contributed by atoms with Gasteiger partial charge in [0.25, 0.3) is 0 Å². The van der Waals surface area contributed by atoms with Crippen LogP contribution in [0, 0.1) is 6.92 Å². The summed E-state index contributed by atoms with van der Waals surface area (Å²) in [5, 5.41) is 0.677. The van der Waals surface area contributed by atoms with Crippen LogP contribution in [0.2, 0.25) is 5.02 Å². The van der Waals surface area contributed by atoms with E-state index >= 15 is 0 Å². The number of aromatic nitrogens is 5. The van der Waals surface area contributed by atoms with Crippen molar-refractivity contribution in [3.05, 3.63) is 59.1 Å². The average molecular weight is 516 g/mol. The Morgan fingerprint density at radius 3 is 2.78 bits per heavy atom. The van der Waals surface area contributed by atoms with Crippen LogP contribution in [0.5, 0.6) is 5.88 Å². The van der Waals surface area contributed by atoms with E-state index in [0.717, 1.165) is 60.8 Å². The third-order valence-corrected chi connectivity index (χ3v) is 8.27. The van der Waals surface area contributed by atoms with Gasteiger partial charge in [-0.2, -0.15) is 4.98 Å². The molecule has 37 heavy (non-hydrogen) atoms. The fourth-order valence-corrected chi connectivity index (χ4v) is 5.87. The summed E-state index contributed by atoms with van der Waals surface area (Å²) in [5.74, 6) is 1.26. The quantitative estimate of drug-likeness (QED) is 0.368. The van der Waals surface area contributed by atoms with Crippen molar-refractivity contribution in [2.75, 3.05) is 31.1 Å². The molecular weight excluding hydrogens is 486 g/mol. The van der Waals surface area contributed by atoms with Gasteiger partial charge in [0, 0.05) is 49.7 Å². The van der Waals surface area contributed by atoms with Crippen molar-refractivity contribution in [3.63, 3.8) is 0 Å². The maximum Gasteiger partial charge on any atom is 0.245 e. The molecule has 9 heteroatoms. The van der Waals surface area contributed by atoms with Crippen LogP contribution < -0.4 is 9.64 Å². The fourth-order valence-electron chi connectivity index (χ4n) is 5.61. The molecule has 3 fully saturated rings. The van der Waals surface area contributed by atoms with Crippen molar-refractivity contribution in [2.24, 2.45) is 0 Å². The molecule has 0 spiro atoms. The van der Waals surface area contributed by atoms with E-state index in [4.69, 9.17) is 21.3 Å². The van der Waals surface area contributed by atoms with E-state index in [9.17, 15) is 0 Å². The molecule has 2 unspecified atom stereocenters.